The van der Waals surface area contributed by atoms with E-state index in [0.717, 1.165) is 5.56 Å². The number of nitro groups is 1. The molecule has 0 aromatic heterocycles. The van der Waals surface area contributed by atoms with E-state index in [1.165, 1.54) is 31.4 Å². The minimum atomic E-state index is -0.487. The quantitative estimate of drug-likeness (QED) is 0.284. The van der Waals surface area contributed by atoms with Crippen LogP contribution in [-0.4, -0.2) is 17.1 Å². The first-order chi connectivity index (χ1) is 14.5. The van der Waals surface area contributed by atoms with Gasteiger partial charge in [-0.3, -0.25) is 10.1 Å². The minimum Gasteiger partial charge on any atom is -0.494 e. The number of aryl methyl sites for hydroxylation is 1. The SMILES string of the molecule is COc1cc(N=Nc2ccc([N+](=O)[O-])cc2)c(CO)cc1N=Nc1ccc(C)cc1. The molecule has 152 valence electrons. The highest BCUT2D eigenvalue weighted by Gasteiger charge is 2.11. The number of rotatable bonds is 7. The van der Waals surface area contributed by atoms with E-state index in [-0.39, 0.29) is 12.3 Å². The number of aliphatic hydroxyl groups is 1. The van der Waals surface area contributed by atoms with Crippen LogP contribution in [0.4, 0.5) is 28.4 Å². The van der Waals surface area contributed by atoms with Crippen molar-refractivity contribution in [2.45, 2.75) is 13.5 Å². The van der Waals surface area contributed by atoms with Crippen LogP contribution in [0, 0.1) is 17.0 Å². The maximum atomic E-state index is 10.7. The zero-order valence-electron chi connectivity index (χ0n) is 16.4. The van der Waals surface area contributed by atoms with Gasteiger partial charge >= 0.3 is 0 Å². The van der Waals surface area contributed by atoms with Gasteiger partial charge in [-0.15, -0.1) is 5.11 Å². The van der Waals surface area contributed by atoms with Gasteiger partial charge in [0.1, 0.15) is 11.4 Å². The molecule has 3 rings (SSSR count). The zero-order chi connectivity index (χ0) is 21.5. The first-order valence-corrected chi connectivity index (χ1v) is 8.96. The average molecular weight is 405 g/mol. The summed E-state index contributed by atoms with van der Waals surface area (Å²) in [5, 5.41) is 37.1. The highest BCUT2D eigenvalue weighted by Crippen LogP contribution is 2.37. The summed E-state index contributed by atoms with van der Waals surface area (Å²) in [4.78, 5) is 10.2. The maximum Gasteiger partial charge on any atom is 0.269 e. The van der Waals surface area contributed by atoms with Crippen molar-refractivity contribution in [3.8, 4) is 5.75 Å². The molecule has 0 radical (unpaired) electrons. The molecule has 0 heterocycles. The molecule has 0 aliphatic carbocycles. The summed E-state index contributed by atoms with van der Waals surface area (Å²) >= 11 is 0. The fraction of sp³-hybridized carbons (Fsp3) is 0.143. The predicted molar refractivity (Wildman–Crippen MR) is 112 cm³/mol. The summed E-state index contributed by atoms with van der Waals surface area (Å²) in [6.07, 6.45) is 0. The Morgan fingerprint density at radius 1 is 0.900 bits per heavy atom. The monoisotopic (exact) mass is 405 g/mol. The van der Waals surface area contributed by atoms with Gasteiger partial charge in [0.05, 0.1) is 35.7 Å². The second-order valence-corrected chi connectivity index (χ2v) is 6.32. The Bertz CT molecular complexity index is 1090. The van der Waals surface area contributed by atoms with E-state index in [9.17, 15) is 15.2 Å². The van der Waals surface area contributed by atoms with E-state index in [2.05, 4.69) is 20.5 Å². The second-order valence-electron chi connectivity index (χ2n) is 6.32. The number of benzene rings is 3. The van der Waals surface area contributed by atoms with Crippen molar-refractivity contribution in [1.82, 2.24) is 0 Å². The third-order valence-corrected chi connectivity index (χ3v) is 4.19. The number of nitrogens with zero attached hydrogens (tertiary/aromatic N) is 5. The average Bonchev–Trinajstić information content (AvgIpc) is 2.77. The van der Waals surface area contributed by atoms with Crippen molar-refractivity contribution in [3.63, 3.8) is 0 Å². The fourth-order valence-corrected chi connectivity index (χ4v) is 2.54. The van der Waals surface area contributed by atoms with Crippen molar-refractivity contribution < 1.29 is 14.8 Å². The molecule has 0 saturated heterocycles. The van der Waals surface area contributed by atoms with Gasteiger partial charge in [0, 0.05) is 23.8 Å². The second kappa shape index (κ2) is 9.48. The van der Waals surface area contributed by atoms with Gasteiger partial charge in [0.2, 0.25) is 0 Å². The van der Waals surface area contributed by atoms with Gasteiger partial charge < -0.3 is 9.84 Å². The lowest BCUT2D eigenvalue weighted by molar-refractivity contribution is -0.384. The van der Waals surface area contributed by atoms with Crippen molar-refractivity contribution in [3.05, 3.63) is 81.9 Å². The van der Waals surface area contributed by atoms with Crippen molar-refractivity contribution >= 4 is 28.4 Å². The van der Waals surface area contributed by atoms with Gasteiger partial charge in [-0.05, 0) is 37.3 Å². The molecule has 0 fully saturated rings. The van der Waals surface area contributed by atoms with E-state index in [1.54, 1.807) is 12.1 Å². The number of hydrogen-bond acceptors (Lipinski definition) is 8. The topological polar surface area (TPSA) is 122 Å². The Morgan fingerprint density at radius 3 is 2.00 bits per heavy atom. The summed E-state index contributed by atoms with van der Waals surface area (Å²) in [6, 6.07) is 16.5. The van der Waals surface area contributed by atoms with Crippen LogP contribution in [0.15, 0.2) is 81.1 Å². The van der Waals surface area contributed by atoms with E-state index in [4.69, 9.17) is 4.74 Å². The van der Waals surface area contributed by atoms with Crippen LogP contribution in [-0.2, 0) is 6.61 Å². The van der Waals surface area contributed by atoms with Crippen LogP contribution in [0.3, 0.4) is 0 Å². The smallest absolute Gasteiger partial charge is 0.269 e. The van der Waals surface area contributed by atoms with Gasteiger partial charge in [-0.1, -0.05) is 17.7 Å². The van der Waals surface area contributed by atoms with Gasteiger partial charge in [0.15, 0.2) is 0 Å². The third-order valence-electron chi connectivity index (χ3n) is 4.19. The van der Waals surface area contributed by atoms with Crippen LogP contribution in [0.5, 0.6) is 5.75 Å². The summed E-state index contributed by atoms with van der Waals surface area (Å²) in [5.74, 6) is 0.417. The standard InChI is InChI=1S/C21H19N5O4/c1-14-3-5-16(6-4-14)23-25-20-11-15(13-27)19(12-21(20)30-2)24-22-17-7-9-18(10-8-17)26(28)29/h3-12,27H,13H2,1-2H3. The molecular formula is C21H19N5O4. The van der Waals surface area contributed by atoms with Gasteiger partial charge in [-0.25, -0.2) is 0 Å². The Balaban J connectivity index is 1.88. The molecule has 0 aliphatic heterocycles. The highest BCUT2D eigenvalue weighted by atomic mass is 16.6. The molecular weight excluding hydrogens is 386 g/mol. The Hall–Kier alpha value is -3.98. The molecule has 3 aromatic rings. The lowest BCUT2D eigenvalue weighted by Gasteiger charge is -2.08. The van der Waals surface area contributed by atoms with Crippen LogP contribution >= 0.6 is 0 Å². The number of aliphatic hydroxyl groups excluding tert-OH is 1. The summed E-state index contributed by atoms with van der Waals surface area (Å²) in [6.45, 7) is 1.70. The number of nitro benzene ring substituents is 1. The van der Waals surface area contributed by atoms with Gasteiger partial charge in [0.25, 0.3) is 5.69 Å². The number of ether oxygens (including phenoxy) is 1. The largest absolute Gasteiger partial charge is 0.494 e. The molecule has 0 saturated carbocycles. The summed E-state index contributed by atoms with van der Waals surface area (Å²) < 4.78 is 5.38. The van der Waals surface area contributed by atoms with Crippen molar-refractivity contribution in [2.75, 3.05) is 7.11 Å². The third kappa shape index (κ3) is 5.09. The molecule has 0 unspecified atom stereocenters. The first-order valence-electron chi connectivity index (χ1n) is 8.96. The molecule has 3 aromatic carbocycles. The minimum absolute atomic E-state index is 0.0324. The maximum absolute atomic E-state index is 10.7. The molecule has 30 heavy (non-hydrogen) atoms. The van der Waals surface area contributed by atoms with Crippen molar-refractivity contribution in [1.29, 1.82) is 0 Å². The predicted octanol–water partition coefficient (Wildman–Crippen LogP) is 6.23. The van der Waals surface area contributed by atoms with E-state index in [1.807, 2.05) is 31.2 Å². The molecule has 0 amide bonds. The highest BCUT2D eigenvalue weighted by molar-refractivity contribution is 5.63. The van der Waals surface area contributed by atoms with Crippen LogP contribution in [0.1, 0.15) is 11.1 Å². The van der Waals surface area contributed by atoms with E-state index >= 15 is 0 Å². The van der Waals surface area contributed by atoms with Crippen LogP contribution in [0.25, 0.3) is 0 Å². The Kier molecular flexibility index (Phi) is 6.56. The molecule has 0 spiro atoms. The fourth-order valence-electron chi connectivity index (χ4n) is 2.54. The molecule has 9 heteroatoms. The zero-order valence-corrected chi connectivity index (χ0v) is 16.4. The lowest BCUT2D eigenvalue weighted by atomic mass is 10.1. The summed E-state index contributed by atoms with van der Waals surface area (Å²) in [7, 11) is 1.50. The summed E-state index contributed by atoms with van der Waals surface area (Å²) in [5.41, 5.74) is 3.53. The number of hydrogen-bond donors (Lipinski definition) is 1. The number of non-ortho nitro benzene ring substituents is 1. The Morgan fingerprint density at radius 2 is 1.47 bits per heavy atom. The van der Waals surface area contributed by atoms with Crippen LogP contribution < -0.4 is 4.74 Å². The van der Waals surface area contributed by atoms with Crippen molar-refractivity contribution in [2.24, 2.45) is 20.5 Å². The number of methoxy groups -OCH3 is 1. The Labute approximate surface area is 172 Å². The van der Waals surface area contributed by atoms with E-state index in [0.29, 0.717) is 34.1 Å². The van der Waals surface area contributed by atoms with Gasteiger partial charge in [-0.2, -0.15) is 15.3 Å². The van der Waals surface area contributed by atoms with Crippen LogP contribution in [0.2, 0.25) is 0 Å². The molecule has 0 atom stereocenters. The molecule has 9 nitrogen and oxygen atoms in total. The molecule has 0 bridgehead atoms. The first kappa shape index (κ1) is 20.7. The lowest BCUT2D eigenvalue weighted by Crippen LogP contribution is -1.89. The molecule has 0 aliphatic rings. The molecule has 1 N–H and O–H groups in total. The normalized spacial score (nSPS) is 11.3. The van der Waals surface area contributed by atoms with E-state index < -0.39 is 4.92 Å². The number of azo groups is 2.